The van der Waals surface area contributed by atoms with Crippen LogP contribution >= 0.6 is 0 Å². The standard InChI is InChI=1S/C20H22N2O4/c1-4-15-9-11-16(12-10-15)22(14(2)23)13-19(24)21-18-8-6-5-7-17(18)20(25)26-3/h5-12H,4,13H2,1-3H3,(H,21,24). The van der Waals surface area contributed by atoms with Crippen molar-refractivity contribution in [1.29, 1.82) is 0 Å². The van der Waals surface area contributed by atoms with Crippen molar-refractivity contribution < 1.29 is 19.1 Å². The first-order valence-corrected chi connectivity index (χ1v) is 8.30. The molecule has 0 unspecified atom stereocenters. The number of carbonyl (C=O) groups is 3. The van der Waals surface area contributed by atoms with Crippen molar-refractivity contribution in [3.05, 3.63) is 59.7 Å². The van der Waals surface area contributed by atoms with Crippen molar-refractivity contribution in [1.82, 2.24) is 0 Å². The average Bonchev–Trinajstić information content (AvgIpc) is 2.66. The first-order valence-electron chi connectivity index (χ1n) is 8.30. The molecular weight excluding hydrogens is 332 g/mol. The summed E-state index contributed by atoms with van der Waals surface area (Å²) in [5.74, 6) is -1.19. The van der Waals surface area contributed by atoms with E-state index >= 15 is 0 Å². The summed E-state index contributed by atoms with van der Waals surface area (Å²) >= 11 is 0. The Balaban J connectivity index is 2.16. The van der Waals surface area contributed by atoms with Crippen LogP contribution in [0.4, 0.5) is 11.4 Å². The molecule has 0 fully saturated rings. The van der Waals surface area contributed by atoms with Crippen LogP contribution in [0.15, 0.2) is 48.5 Å². The average molecular weight is 354 g/mol. The van der Waals surface area contributed by atoms with Crippen LogP contribution in [0.25, 0.3) is 0 Å². The van der Waals surface area contributed by atoms with Crippen LogP contribution in [-0.2, 0) is 20.7 Å². The van der Waals surface area contributed by atoms with Crippen molar-refractivity contribution in [3.63, 3.8) is 0 Å². The van der Waals surface area contributed by atoms with E-state index in [4.69, 9.17) is 4.74 Å². The van der Waals surface area contributed by atoms with E-state index in [1.807, 2.05) is 31.2 Å². The van der Waals surface area contributed by atoms with Crippen LogP contribution in [0.5, 0.6) is 0 Å². The van der Waals surface area contributed by atoms with Crippen molar-refractivity contribution in [2.45, 2.75) is 20.3 Å². The molecule has 2 rings (SSSR count). The Bertz CT molecular complexity index is 800. The van der Waals surface area contributed by atoms with Gasteiger partial charge in [0.05, 0.1) is 18.4 Å². The molecule has 2 aromatic rings. The quantitative estimate of drug-likeness (QED) is 0.809. The van der Waals surface area contributed by atoms with Crippen molar-refractivity contribution in [2.24, 2.45) is 0 Å². The van der Waals surface area contributed by atoms with Crippen LogP contribution in [0.3, 0.4) is 0 Å². The zero-order chi connectivity index (χ0) is 19.1. The van der Waals surface area contributed by atoms with Gasteiger partial charge in [-0.15, -0.1) is 0 Å². The third kappa shape index (κ3) is 4.69. The van der Waals surface area contributed by atoms with Crippen LogP contribution < -0.4 is 10.2 Å². The molecule has 2 amide bonds. The van der Waals surface area contributed by atoms with Gasteiger partial charge in [-0.3, -0.25) is 9.59 Å². The molecule has 136 valence electrons. The maximum Gasteiger partial charge on any atom is 0.339 e. The highest BCUT2D eigenvalue weighted by Gasteiger charge is 2.18. The van der Waals surface area contributed by atoms with E-state index in [9.17, 15) is 14.4 Å². The van der Waals surface area contributed by atoms with Gasteiger partial charge in [-0.05, 0) is 36.2 Å². The lowest BCUT2D eigenvalue weighted by atomic mass is 10.1. The summed E-state index contributed by atoms with van der Waals surface area (Å²) < 4.78 is 4.71. The Labute approximate surface area is 152 Å². The Hall–Kier alpha value is -3.15. The van der Waals surface area contributed by atoms with Gasteiger partial charge in [0.15, 0.2) is 0 Å². The van der Waals surface area contributed by atoms with Crippen molar-refractivity contribution >= 4 is 29.2 Å². The number of benzene rings is 2. The molecule has 0 aliphatic carbocycles. The number of aryl methyl sites for hydroxylation is 1. The van der Waals surface area contributed by atoms with Gasteiger partial charge in [0.2, 0.25) is 11.8 Å². The summed E-state index contributed by atoms with van der Waals surface area (Å²) in [5, 5.41) is 2.67. The third-order valence-electron chi connectivity index (χ3n) is 3.94. The molecule has 26 heavy (non-hydrogen) atoms. The highest BCUT2D eigenvalue weighted by molar-refractivity contribution is 6.05. The van der Waals surface area contributed by atoms with Crippen LogP contribution in [-0.4, -0.2) is 31.4 Å². The maximum atomic E-state index is 12.4. The molecule has 0 atom stereocenters. The van der Waals surface area contributed by atoms with Crippen LogP contribution in [0.1, 0.15) is 29.8 Å². The highest BCUT2D eigenvalue weighted by Crippen LogP contribution is 2.18. The topological polar surface area (TPSA) is 75.7 Å². The minimum absolute atomic E-state index is 0.156. The number of nitrogens with zero attached hydrogens (tertiary/aromatic N) is 1. The normalized spacial score (nSPS) is 10.1. The summed E-state index contributed by atoms with van der Waals surface area (Å²) in [6, 6.07) is 14.0. The fourth-order valence-corrected chi connectivity index (χ4v) is 2.51. The summed E-state index contributed by atoms with van der Waals surface area (Å²) in [6.07, 6.45) is 0.894. The van der Waals surface area contributed by atoms with Gasteiger partial charge in [-0.25, -0.2) is 4.79 Å². The second-order valence-corrected chi connectivity index (χ2v) is 5.71. The third-order valence-corrected chi connectivity index (χ3v) is 3.94. The first-order chi connectivity index (χ1) is 12.5. The van der Waals surface area contributed by atoms with Gasteiger partial charge in [-0.1, -0.05) is 31.2 Å². The van der Waals surface area contributed by atoms with Gasteiger partial charge in [0, 0.05) is 12.6 Å². The largest absolute Gasteiger partial charge is 0.465 e. The van der Waals surface area contributed by atoms with E-state index in [2.05, 4.69) is 5.32 Å². The fourth-order valence-electron chi connectivity index (χ4n) is 2.51. The lowest BCUT2D eigenvalue weighted by molar-refractivity contribution is -0.120. The van der Waals surface area contributed by atoms with E-state index in [0.717, 1.165) is 12.0 Å². The molecule has 0 aromatic heterocycles. The minimum atomic E-state index is -0.542. The second kappa shape index (κ2) is 8.80. The van der Waals surface area contributed by atoms with E-state index in [-0.39, 0.29) is 18.0 Å². The van der Waals surface area contributed by atoms with Crippen molar-refractivity contribution in [2.75, 3.05) is 23.9 Å². The SMILES string of the molecule is CCc1ccc(N(CC(=O)Nc2ccccc2C(=O)OC)C(C)=O)cc1. The Morgan fingerprint density at radius 1 is 1.04 bits per heavy atom. The first kappa shape index (κ1) is 19.2. The molecule has 0 aliphatic heterocycles. The minimum Gasteiger partial charge on any atom is -0.465 e. The molecule has 6 heteroatoms. The van der Waals surface area contributed by atoms with Crippen LogP contribution in [0.2, 0.25) is 0 Å². The number of carbonyl (C=O) groups excluding carboxylic acids is 3. The molecule has 0 saturated heterocycles. The molecule has 0 saturated carbocycles. The number of hydrogen-bond donors (Lipinski definition) is 1. The molecule has 0 aliphatic rings. The van der Waals surface area contributed by atoms with E-state index in [1.165, 1.54) is 18.9 Å². The number of amides is 2. The number of hydrogen-bond acceptors (Lipinski definition) is 4. The Morgan fingerprint density at radius 2 is 1.69 bits per heavy atom. The van der Waals surface area contributed by atoms with Crippen LogP contribution in [0, 0.1) is 0 Å². The number of rotatable bonds is 6. The van der Waals surface area contributed by atoms with Crippen molar-refractivity contribution in [3.8, 4) is 0 Å². The highest BCUT2D eigenvalue weighted by atomic mass is 16.5. The predicted octanol–water partition coefficient (Wildman–Crippen LogP) is 3.03. The molecule has 0 radical (unpaired) electrons. The van der Waals surface area contributed by atoms with Gasteiger partial charge in [0.1, 0.15) is 6.54 Å². The summed E-state index contributed by atoms with van der Waals surface area (Å²) in [7, 11) is 1.28. The number of anilines is 2. The number of methoxy groups -OCH3 is 1. The van der Waals surface area contributed by atoms with E-state index in [0.29, 0.717) is 11.4 Å². The molecule has 2 aromatic carbocycles. The molecule has 6 nitrogen and oxygen atoms in total. The van der Waals surface area contributed by atoms with Gasteiger partial charge < -0.3 is 15.0 Å². The number of para-hydroxylation sites is 1. The van der Waals surface area contributed by atoms with Gasteiger partial charge in [-0.2, -0.15) is 0 Å². The smallest absolute Gasteiger partial charge is 0.339 e. The number of ether oxygens (including phenoxy) is 1. The fraction of sp³-hybridized carbons (Fsp3) is 0.250. The molecule has 0 heterocycles. The summed E-state index contributed by atoms with van der Waals surface area (Å²) in [5.41, 5.74) is 2.39. The van der Waals surface area contributed by atoms with E-state index in [1.54, 1.807) is 24.3 Å². The van der Waals surface area contributed by atoms with E-state index < -0.39 is 11.9 Å². The monoisotopic (exact) mass is 354 g/mol. The summed E-state index contributed by atoms with van der Waals surface area (Å²) in [4.78, 5) is 37.6. The molecule has 0 bridgehead atoms. The molecule has 0 spiro atoms. The maximum absolute atomic E-state index is 12.4. The number of esters is 1. The predicted molar refractivity (Wildman–Crippen MR) is 100 cm³/mol. The second-order valence-electron chi connectivity index (χ2n) is 5.71. The Kier molecular flexibility index (Phi) is 6.49. The number of nitrogens with one attached hydrogen (secondary N) is 1. The summed E-state index contributed by atoms with van der Waals surface area (Å²) in [6.45, 7) is 3.30. The zero-order valence-electron chi connectivity index (χ0n) is 15.1. The van der Waals surface area contributed by atoms with Gasteiger partial charge >= 0.3 is 5.97 Å². The zero-order valence-corrected chi connectivity index (χ0v) is 15.1. The molecular formula is C20H22N2O4. The lowest BCUT2D eigenvalue weighted by Crippen LogP contribution is -2.36. The van der Waals surface area contributed by atoms with Gasteiger partial charge in [0.25, 0.3) is 0 Å². The Morgan fingerprint density at radius 3 is 2.27 bits per heavy atom. The lowest BCUT2D eigenvalue weighted by Gasteiger charge is -2.21. The molecule has 1 N–H and O–H groups in total.